The smallest absolute Gasteiger partial charge is 0.231 e. The minimum atomic E-state index is -0.357. The van der Waals surface area contributed by atoms with Gasteiger partial charge in [-0.3, -0.25) is 14.5 Å². The van der Waals surface area contributed by atoms with Crippen molar-refractivity contribution in [1.29, 1.82) is 0 Å². The number of carbonyl (C=O) groups excluding carboxylic acids is 2. The SMILES string of the molecule is NC(=O)CN(CC(=O)Cc1ccccc1)C1CCCC1. The van der Waals surface area contributed by atoms with Crippen LogP contribution in [0.15, 0.2) is 30.3 Å². The molecule has 4 nitrogen and oxygen atoms in total. The summed E-state index contributed by atoms with van der Waals surface area (Å²) in [4.78, 5) is 25.3. The Labute approximate surface area is 119 Å². The third kappa shape index (κ3) is 4.46. The molecule has 1 aliphatic carbocycles. The predicted molar refractivity (Wildman–Crippen MR) is 78.2 cm³/mol. The minimum Gasteiger partial charge on any atom is -0.369 e. The number of nitrogens with zero attached hydrogens (tertiary/aromatic N) is 1. The second-order valence-electron chi connectivity index (χ2n) is 5.51. The quantitative estimate of drug-likeness (QED) is 0.820. The number of hydrogen-bond acceptors (Lipinski definition) is 3. The van der Waals surface area contributed by atoms with Crippen molar-refractivity contribution in [2.75, 3.05) is 13.1 Å². The van der Waals surface area contributed by atoms with Gasteiger partial charge in [-0.25, -0.2) is 0 Å². The fourth-order valence-electron chi connectivity index (χ4n) is 2.89. The van der Waals surface area contributed by atoms with Gasteiger partial charge in [0, 0.05) is 12.5 Å². The van der Waals surface area contributed by atoms with Crippen LogP contribution in [0.1, 0.15) is 31.2 Å². The monoisotopic (exact) mass is 274 g/mol. The average molecular weight is 274 g/mol. The molecule has 4 heteroatoms. The van der Waals surface area contributed by atoms with Gasteiger partial charge < -0.3 is 5.73 Å². The van der Waals surface area contributed by atoms with Gasteiger partial charge in [-0.05, 0) is 18.4 Å². The number of Topliss-reactive ketones (excluding diaryl/α,β-unsaturated/α-hetero) is 1. The van der Waals surface area contributed by atoms with E-state index < -0.39 is 0 Å². The molecular weight excluding hydrogens is 252 g/mol. The second-order valence-corrected chi connectivity index (χ2v) is 5.51. The van der Waals surface area contributed by atoms with Crippen LogP contribution in [0.5, 0.6) is 0 Å². The van der Waals surface area contributed by atoms with Gasteiger partial charge in [0.2, 0.25) is 5.91 Å². The lowest BCUT2D eigenvalue weighted by Crippen LogP contribution is -2.43. The molecule has 0 unspecified atom stereocenters. The van der Waals surface area contributed by atoms with E-state index in [9.17, 15) is 9.59 Å². The molecule has 2 rings (SSSR count). The molecule has 1 aromatic carbocycles. The summed E-state index contributed by atoms with van der Waals surface area (Å²) in [6.45, 7) is 0.508. The summed E-state index contributed by atoms with van der Waals surface area (Å²) < 4.78 is 0. The number of carbonyl (C=O) groups is 2. The Morgan fingerprint density at radius 3 is 2.35 bits per heavy atom. The highest BCUT2D eigenvalue weighted by molar-refractivity contribution is 5.84. The maximum absolute atomic E-state index is 12.2. The lowest BCUT2D eigenvalue weighted by molar-refractivity contribution is -0.123. The Hall–Kier alpha value is -1.68. The van der Waals surface area contributed by atoms with E-state index >= 15 is 0 Å². The highest BCUT2D eigenvalue weighted by Gasteiger charge is 2.25. The summed E-state index contributed by atoms with van der Waals surface area (Å²) in [7, 11) is 0. The van der Waals surface area contributed by atoms with Crippen LogP contribution in [-0.4, -0.2) is 35.7 Å². The topological polar surface area (TPSA) is 63.4 Å². The fourth-order valence-corrected chi connectivity index (χ4v) is 2.89. The lowest BCUT2D eigenvalue weighted by atomic mass is 10.1. The van der Waals surface area contributed by atoms with Gasteiger partial charge in [-0.15, -0.1) is 0 Å². The number of ketones is 1. The molecule has 1 saturated carbocycles. The van der Waals surface area contributed by atoms with E-state index in [0.29, 0.717) is 19.0 Å². The highest BCUT2D eigenvalue weighted by Crippen LogP contribution is 2.23. The summed E-state index contributed by atoms with van der Waals surface area (Å²) >= 11 is 0. The molecule has 1 aromatic rings. The zero-order valence-corrected chi connectivity index (χ0v) is 11.8. The van der Waals surface area contributed by atoms with Crippen LogP contribution in [0.4, 0.5) is 0 Å². The van der Waals surface area contributed by atoms with Crippen molar-refractivity contribution in [2.45, 2.75) is 38.1 Å². The van der Waals surface area contributed by atoms with E-state index in [4.69, 9.17) is 5.73 Å². The van der Waals surface area contributed by atoms with E-state index in [1.165, 1.54) is 12.8 Å². The van der Waals surface area contributed by atoms with E-state index in [1.54, 1.807) is 0 Å². The Balaban J connectivity index is 1.92. The van der Waals surface area contributed by atoms with Crippen molar-refractivity contribution >= 4 is 11.7 Å². The Kier molecular flexibility index (Phi) is 5.30. The normalized spacial score (nSPS) is 15.7. The van der Waals surface area contributed by atoms with Gasteiger partial charge in [0.25, 0.3) is 0 Å². The van der Waals surface area contributed by atoms with Crippen LogP contribution in [0, 0.1) is 0 Å². The summed E-state index contributed by atoms with van der Waals surface area (Å²) in [6, 6.07) is 10.0. The number of amides is 1. The zero-order chi connectivity index (χ0) is 14.4. The second kappa shape index (κ2) is 7.20. The molecule has 0 bridgehead atoms. The molecular formula is C16H22N2O2. The van der Waals surface area contributed by atoms with Gasteiger partial charge in [-0.1, -0.05) is 43.2 Å². The third-order valence-electron chi connectivity index (χ3n) is 3.82. The van der Waals surface area contributed by atoms with Crippen molar-refractivity contribution in [3.05, 3.63) is 35.9 Å². The van der Waals surface area contributed by atoms with Crippen molar-refractivity contribution < 1.29 is 9.59 Å². The maximum atomic E-state index is 12.2. The molecule has 1 aliphatic rings. The van der Waals surface area contributed by atoms with E-state index in [0.717, 1.165) is 18.4 Å². The first-order chi connectivity index (χ1) is 9.65. The molecule has 1 amide bonds. The van der Waals surface area contributed by atoms with Crippen LogP contribution in [-0.2, 0) is 16.0 Å². The van der Waals surface area contributed by atoms with Gasteiger partial charge >= 0.3 is 0 Å². The highest BCUT2D eigenvalue weighted by atomic mass is 16.1. The molecule has 0 atom stereocenters. The average Bonchev–Trinajstić information content (AvgIpc) is 2.92. The predicted octanol–water partition coefficient (Wildman–Crippen LogP) is 1.53. The van der Waals surface area contributed by atoms with Crippen LogP contribution in [0.3, 0.4) is 0 Å². The lowest BCUT2D eigenvalue weighted by Gasteiger charge is -2.26. The fraction of sp³-hybridized carbons (Fsp3) is 0.500. The van der Waals surface area contributed by atoms with Crippen LogP contribution >= 0.6 is 0 Å². The summed E-state index contributed by atoms with van der Waals surface area (Å²) in [5, 5.41) is 0. The first-order valence-electron chi connectivity index (χ1n) is 7.23. The molecule has 0 saturated heterocycles. The Morgan fingerprint density at radius 2 is 1.75 bits per heavy atom. The van der Waals surface area contributed by atoms with Crippen molar-refractivity contribution in [3.8, 4) is 0 Å². The van der Waals surface area contributed by atoms with Crippen LogP contribution in [0.25, 0.3) is 0 Å². The number of primary amides is 1. The molecule has 0 spiro atoms. The molecule has 20 heavy (non-hydrogen) atoms. The number of benzene rings is 1. The van der Waals surface area contributed by atoms with E-state index in [-0.39, 0.29) is 18.2 Å². The van der Waals surface area contributed by atoms with Crippen molar-refractivity contribution in [3.63, 3.8) is 0 Å². The van der Waals surface area contributed by atoms with Crippen molar-refractivity contribution in [1.82, 2.24) is 4.90 Å². The third-order valence-corrected chi connectivity index (χ3v) is 3.82. The number of hydrogen-bond donors (Lipinski definition) is 1. The van der Waals surface area contributed by atoms with E-state index in [1.807, 2.05) is 35.2 Å². The van der Waals surface area contributed by atoms with Gasteiger partial charge in [0.05, 0.1) is 13.1 Å². The zero-order valence-electron chi connectivity index (χ0n) is 11.8. The number of rotatable bonds is 7. The molecule has 0 aliphatic heterocycles. The largest absolute Gasteiger partial charge is 0.369 e. The first-order valence-corrected chi connectivity index (χ1v) is 7.23. The van der Waals surface area contributed by atoms with E-state index in [2.05, 4.69) is 0 Å². The number of nitrogens with two attached hydrogens (primary N) is 1. The van der Waals surface area contributed by atoms with Crippen LogP contribution < -0.4 is 5.73 Å². The molecule has 0 radical (unpaired) electrons. The van der Waals surface area contributed by atoms with Gasteiger partial charge in [-0.2, -0.15) is 0 Å². The summed E-state index contributed by atoms with van der Waals surface area (Å²) in [5.74, 6) is -0.214. The summed E-state index contributed by atoms with van der Waals surface area (Å²) in [6.07, 6.45) is 4.89. The Morgan fingerprint density at radius 1 is 1.10 bits per heavy atom. The van der Waals surface area contributed by atoms with Gasteiger partial charge in [0.1, 0.15) is 0 Å². The van der Waals surface area contributed by atoms with Crippen LogP contribution in [0.2, 0.25) is 0 Å². The summed E-state index contributed by atoms with van der Waals surface area (Å²) in [5.41, 5.74) is 6.31. The molecule has 2 N–H and O–H groups in total. The molecule has 1 fully saturated rings. The maximum Gasteiger partial charge on any atom is 0.231 e. The minimum absolute atomic E-state index is 0.143. The molecule has 108 valence electrons. The molecule has 0 heterocycles. The van der Waals surface area contributed by atoms with Gasteiger partial charge in [0.15, 0.2) is 5.78 Å². The molecule has 0 aromatic heterocycles. The van der Waals surface area contributed by atoms with Crippen molar-refractivity contribution in [2.24, 2.45) is 5.73 Å². The Bertz CT molecular complexity index is 453. The standard InChI is InChI=1S/C16H22N2O2/c17-16(20)12-18(14-8-4-5-9-14)11-15(19)10-13-6-2-1-3-7-13/h1-3,6-7,14H,4-5,8-12H2,(H2,17,20). The first kappa shape index (κ1) is 14.7.